The molecule has 1 fully saturated rings. The molecular formula is C15H26N4. The highest BCUT2D eigenvalue weighted by molar-refractivity contribution is 5.05. The number of likely N-dealkylation sites (N-methyl/N-ethyl adjacent to an activating group) is 1. The van der Waals surface area contributed by atoms with Gasteiger partial charge in [-0.2, -0.15) is 0 Å². The van der Waals surface area contributed by atoms with Crippen molar-refractivity contribution in [3.8, 4) is 0 Å². The lowest BCUT2D eigenvalue weighted by Gasteiger charge is -2.47. The minimum absolute atomic E-state index is 0.152. The van der Waals surface area contributed by atoms with Gasteiger partial charge in [-0.3, -0.25) is 9.88 Å². The predicted molar refractivity (Wildman–Crippen MR) is 78.8 cm³/mol. The van der Waals surface area contributed by atoms with Gasteiger partial charge >= 0.3 is 0 Å². The second-order valence-electron chi connectivity index (χ2n) is 5.57. The summed E-state index contributed by atoms with van der Waals surface area (Å²) in [5.41, 5.74) is 7.42. The number of hydrogen-bond acceptors (Lipinski definition) is 4. The first-order valence-electron chi connectivity index (χ1n) is 7.24. The summed E-state index contributed by atoms with van der Waals surface area (Å²) in [6.07, 6.45) is 4.17. The van der Waals surface area contributed by atoms with E-state index in [9.17, 15) is 0 Å². The Morgan fingerprint density at radius 2 is 2.11 bits per heavy atom. The van der Waals surface area contributed by atoms with Crippen molar-refractivity contribution >= 4 is 0 Å². The van der Waals surface area contributed by atoms with Crippen LogP contribution in [0.5, 0.6) is 0 Å². The molecular weight excluding hydrogens is 236 g/mol. The van der Waals surface area contributed by atoms with Crippen LogP contribution in [0.3, 0.4) is 0 Å². The Balaban J connectivity index is 2.10. The summed E-state index contributed by atoms with van der Waals surface area (Å²) in [5.74, 6) is 0. The minimum Gasteiger partial charge on any atom is -0.329 e. The Kier molecular flexibility index (Phi) is 4.91. The van der Waals surface area contributed by atoms with E-state index >= 15 is 0 Å². The van der Waals surface area contributed by atoms with Crippen molar-refractivity contribution in [2.75, 3.05) is 33.2 Å². The van der Waals surface area contributed by atoms with E-state index < -0.39 is 0 Å². The zero-order valence-corrected chi connectivity index (χ0v) is 12.2. The van der Waals surface area contributed by atoms with E-state index in [0.717, 1.165) is 51.3 Å². The Bertz CT molecular complexity index is 371. The number of aromatic nitrogens is 1. The average Bonchev–Trinajstić information content (AvgIpc) is 2.47. The molecule has 0 aromatic carbocycles. The highest BCUT2D eigenvalue weighted by Crippen LogP contribution is 2.28. The molecule has 0 radical (unpaired) electrons. The van der Waals surface area contributed by atoms with Gasteiger partial charge in [-0.15, -0.1) is 0 Å². The Labute approximate surface area is 116 Å². The van der Waals surface area contributed by atoms with Gasteiger partial charge in [-0.25, -0.2) is 0 Å². The van der Waals surface area contributed by atoms with Crippen LogP contribution in [0.2, 0.25) is 0 Å². The molecule has 2 heterocycles. The maximum atomic E-state index is 6.13. The summed E-state index contributed by atoms with van der Waals surface area (Å²) in [6, 6.07) is 6.12. The van der Waals surface area contributed by atoms with E-state index in [-0.39, 0.29) is 5.54 Å². The third kappa shape index (κ3) is 3.32. The van der Waals surface area contributed by atoms with Gasteiger partial charge in [0.15, 0.2) is 0 Å². The van der Waals surface area contributed by atoms with E-state index in [1.54, 1.807) is 0 Å². The molecule has 106 valence electrons. The molecule has 4 nitrogen and oxygen atoms in total. The molecule has 1 saturated heterocycles. The van der Waals surface area contributed by atoms with Gasteiger partial charge in [0.2, 0.25) is 0 Å². The van der Waals surface area contributed by atoms with Crippen LogP contribution >= 0.6 is 0 Å². The first-order valence-corrected chi connectivity index (χ1v) is 7.24. The van der Waals surface area contributed by atoms with E-state index in [1.165, 1.54) is 0 Å². The van der Waals surface area contributed by atoms with Crippen molar-refractivity contribution in [2.45, 2.75) is 31.8 Å². The average molecular weight is 262 g/mol. The van der Waals surface area contributed by atoms with Crippen LogP contribution in [-0.4, -0.2) is 53.5 Å². The van der Waals surface area contributed by atoms with Gasteiger partial charge in [0.25, 0.3) is 0 Å². The van der Waals surface area contributed by atoms with Crippen molar-refractivity contribution in [1.82, 2.24) is 14.8 Å². The van der Waals surface area contributed by atoms with Gasteiger partial charge in [0.05, 0.1) is 5.69 Å². The zero-order valence-electron chi connectivity index (χ0n) is 12.2. The predicted octanol–water partition coefficient (Wildman–Crippen LogP) is 1.33. The molecule has 1 aliphatic heterocycles. The lowest BCUT2D eigenvalue weighted by atomic mass is 9.85. The number of hydrogen-bond donors (Lipinski definition) is 1. The molecule has 4 heteroatoms. The highest BCUT2D eigenvalue weighted by atomic mass is 15.2. The minimum atomic E-state index is 0.152. The van der Waals surface area contributed by atoms with Crippen LogP contribution in [0.1, 0.15) is 25.5 Å². The van der Waals surface area contributed by atoms with E-state index in [0.29, 0.717) is 0 Å². The van der Waals surface area contributed by atoms with Crippen molar-refractivity contribution in [2.24, 2.45) is 5.73 Å². The topological polar surface area (TPSA) is 45.4 Å². The van der Waals surface area contributed by atoms with E-state index in [1.807, 2.05) is 12.3 Å². The summed E-state index contributed by atoms with van der Waals surface area (Å²) in [4.78, 5) is 9.36. The molecule has 0 unspecified atom stereocenters. The normalized spacial score (nSPS) is 19.8. The second-order valence-corrected chi connectivity index (χ2v) is 5.57. The first-order chi connectivity index (χ1) is 9.20. The molecule has 2 rings (SSSR count). The molecule has 0 aliphatic carbocycles. The third-order valence-corrected chi connectivity index (χ3v) is 4.43. The lowest BCUT2D eigenvalue weighted by Crippen LogP contribution is -2.58. The molecule has 0 amide bonds. The number of nitrogens with zero attached hydrogens (tertiary/aromatic N) is 3. The largest absolute Gasteiger partial charge is 0.329 e. The maximum absolute atomic E-state index is 6.13. The van der Waals surface area contributed by atoms with Gasteiger partial charge < -0.3 is 10.6 Å². The zero-order chi connectivity index (χ0) is 13.7. The van der Waals surface area contributed by atoms with Crippen LogP contribution < -0.4 is 5.73 Å². The van der Waals surface area contributed by atoms with Crippen molar-refractivity contribution in [3.05, 3.63) is 30.1 Å². The summed E-state index contributed by atoms with van der Waals surface area (Å²) in [5, 5.41) is 0. The molecule has 1 aliphatic rings. The number of piperidine rings is 1. The second kappa shape index (κ2) is 6.46. The third-order valence-electron chi connectivity index (χ3n) is 4.43. The van der Waals surface area contributed by atoms with Crippen molar-refractivity contribution in [3.63, 3.8) is 0 Å². The smallest absolute Gasteiger partial charge is 0.0544 e. The molecule has 1 aromatic heterocycles. The van der Waals surface area contributed by atoms with Crippen LogP contribution in [0.15, 0.2) is 24.4 Å². The quantitative estimate of drug-likeness (QED) is 0.869. The molecule has 2 N–H and O–H groups in total. The van der Waals surface area contributed by atoms with Crippen molar-refractivity contribution < 1.29 is 0 Å². The fourth-order valence-electron chi connectivity index (χ4n) is 2.99. The number of pyridine rings is 1. The van der Waals surface area contributed by atoms with Crippen molar-refractivity contribution in [1.29, 1.82) is 0 Å². The Morgan fingerprint density at radius 3 is 2.63 bits per heavy atom. The number of likely N-dealkylation sites (tertiary alicyclic amines) is 1. The number of rotatable bonds is 5. The fourth-order valence-corrected chi connectivity index (χ4v) is 2.99. The summed E-state index contributed by atoms with van der Waals surface area (Å²) >= 11 is 0. The van der Waals surface area contributed by atoms with Crippen LogP contribution in [0.25, 0.3) is 0 Å². The van der Waals surface area contributed by atoms with Crippen LogP contribution in [0.4, 0.5) is 0 Å². The SMILES string of the molecule is CCN(Cc1ccccn1)C1(CN)CCN(C)CC1. The molecule has 0 atom stereocenters. The Morgan fingerprint density at radius 1 is 1.37 bits per heavy atom. The van der Waals surface area contributed by atoms with Crippen LogP contribution in [0, 0.1) is 0 Å². The molecule has 0 bridgehead atoms. The van der Waals surface area contributed by atoms with Gasteiger partial charge in [-0.05, 0) is 51.7 Å². The van der Waals surface area contributed by atoms with Gasteiger partial charge in [0, 0.05) is 24.8 Å². The standard InChI is InChI=1S/C15H26N4/c1-3-19(12-14-6-4-5-9-17-14)15(13-16)7-10-18(2)11-8-15/h4-6,9H,3,7-8,10-13,16H2,1-2H3. The maximum Gasteiger partial charge on any atom is 0.0544 e. The summed E-state index contributed by atoms with van der Waals surface area (Å²) in [7, 11) is 2.19. The lowest BCUT2D eigenvalue weighted by molar-refractivity contribution is 0.0306. The van der Waals surface area contributed by atoms with E-state index in [2.05, 4.69) is 40.9 Å². The summed E-state index contributed by atoms with van der Waals surface area (Å²) in [6.45, 7) is 7.15. The van der Waals surface area contributed by atoms with Crippen LogP contribution in [-0.2, 0) is 6.54 Å². The monoisotopic (exact) mass is 262 g/mol. The molecule has 0 spiro atoms. The molecule has 19 heavy (non-hydrogen) atoms. The van der Waals surface area contributed by atoms with Gasteiger partial charge in [-0.1, -0.05) is 13.0 Å². The number of nitrogens with two attached hydrogens (primary N) is 1. The van der Waals surface area contributed by atoms with E-state index in [4.69, 9.17) is 5.73 Å². The fraction of sp³-hybridized carbons (Fsp3) is 0.667. The van der Waals surface area contributed by atoms with Gasteiger partial charge in [0.1, 0.15) is 0 Å². The Hall–Kier alpha value is -0.970. The first kappa shape index (κ1) is 14.4. The highest BCUT2D eigenvalue weighted by Gasteiger charge is 2.37. The summed E-state index contributed by atoms with van der Waals surface area (Å²) < 4.78 is 0. The molecule has 1 aromatic rings. The molecule has 0 saturated carbocycles.